The molecule has 1 unspecified atom stereocenters. The minimum absolute atomic E-state index is 0.0972. The first kappa shape index (κ1) is 17.7. The summed E-state index contributed by atoms with van der Waals surface area (Å²) in [7, 11) is 2.12. The lowest BCUT2D eigenvalue weighted by atomic mass is 10.1. The standard InChI is InChI=1S/C17H26FN3O2/c1-20-10-2-3-16(20)8-9-19-17(23)21(11-12-22)13-14-4-6-15(18)7-5-14/h4-7,16,22H,2-3,8-13H2,1H3,(H,19,23). The Labute approximate surface area is 137 Å². The van der Waals surface area contributed by atoms with Crippen LogP contribution < -0.4 is 5.32 Å². The van der Waals surface area contributed by atoms with Crippen molar-refractivity contribution in [2.45, 2.75) is 31.8 Å². The second-order valence-corrected chi connectivity index (χ2v) is 6.07. The molecule has 1 aliphatic rings. The van der Waals surface area contributed by atoms with Crippen molar-refractivity contribution >= 4 is 6.03 Å². The van der Waals surface area contributed by atoms with Gasteiger partial charge < -0.3 is 20.2 Å². The number of aliphatic hydroxyl groups excluding tert-OH is 1. The van der Waals surface area contributed by atoms with E-state index in [0.717, 1.165) is 18.5 Å². The van der Waals surface area contributed by atoms with E-state index < -0.39 is 0 Å². The Kier molecular flexibility index (Phi) is 6.80. The van der Waals surface area contributed by atoms with Gasteiger partial charge in [0, 0.05) is 25.7 Å². The van der Waals surface area contributed by atoms with Crippen LogP contribution in [0.4, 0.5) is 9.18 Å². The van der Waals surface area contributed by atoms with Gasteiger partial charge in [0.25, 0.3) is 0 Å². The molecule has 0 bridgehead atoms. The molecule has 0 radical (unpaired) electrons. The summed E-state index contributed by atoms with van der Waals surface area (Å²) in [5, 5.41) is 12.1. The molecule has 2 N–H and O–H groups in total. The minimum atomic E-state index is -0.299. The molecule has 1 aromatic rings. The lowest BCUT2D eigenvalue weighted by molar-refractivity contribution is 0.173. The monoisotopic (exact) mass is 323 g/mol. The molecular weight excluding hydrogens is 297 g/mol. The molecular formula is C17H26FN3O2. The van der Waals surface area contributed by atoms with Gasteiger partial charge in [0.1, 0.15) is 5.82 Å². The number of carbonyl (C=O) groups excluding carboxylic acids is 1. The Morgan fingerprint density at radius 2 is 2.17 bits per heavy atom. The molecule has 0 saturated carbocycles. The van der Waals surface area contributed by atoms with E-state index in [9.17, 15) is 9.18 Å². The number of hydrogen-bond donors (Lipinski definition) is 2. The van der Waals surface area contributed by atoms with Gasteiger partial charge in [-0.25, -0.2) is 9.18 Å². The number of nitrogens with one attached hydrogen (secondary N) is 1. The normalized spacial score (nSPS) is 18.1. The van der Waals surface area contributed by atoms with Crippen LogP contribution in [0.15, 0.2) is 24.3 Å². The van der Waals surface area contributed by atoms with Crippen molar-refractivity contribution in [3.05, 3.63) is 35.6 Å². The maximum absolute atomic E-state index is 12.9. The minimum Gasteiger partial charge on any atom is -0.395 e. The van der Waals surface area contributed by atoms with E-state index in [1.807, 2.05) is 0 Å². The largest absolute Gasteiger partial charge is 0.395 e. The van der Waals surface area contributed by atoms with Gasteiger partial charge in [-0.1, -0.05) is 12.1 Å². The second kappa shape index (κ2) is 8.84. The lowest BCUT2D eigenvalue weighted by Gasteiger charge is -2.24. The van der Waals surface area contributed by atoms with Crippen LogP contribution in [0.3, 0.4) is 0 Å². The van der Waals surface area contributed by atoms with Gasteiger partial charge in [0.2, 0.25) is 0 Å². The molecule has 1 atom stereocenters. The fourth-order valence-corrected chi connectivity index (χ4v) is 2.98. The Morgan fingerprint density at radius 3 is 2.78 bits per heavy atom. The average Bonchev–Trinajstić information content (AvgIpc) is 2.94. The summed E-state index contributed by atoms with van der Waals surface area (Å²) in [6.45, 7) is 2.27. The predicted molar refractivity (Wildman–Crippen MR) is 87.6 cm³/mol. The topological polar surface area (TPSA) is 55.8 Å². The SMILES string of the molecule is CN1CCCC1CCNC(=O)N(CCO)Cc1ccc(F)cc1. The Bertz CT molecular complexity index is 495. The first-order valence-electron chi connectivity index (χ1n) is 8.18. The maximum atomic E-state index is 12.9. The third-order valence-electron chi connectivity index (χ3n) is 4.37. The molecule has 6 heteroatoms. The molecule has 1 aliphatic heterocycles. The number of amides is 2. The molecule has 128 valence electrons. The fourth-order valence-electron chi connectivity index (χ4n) is 2.98. The Morgan fingerprint density at radius 1 is 1.43 bits per heavy atom. The van der Waals surface area contributed by atoms with Crippen molar-refractivity contribution in [3.63, 3.8) is 0 Å². The van der Waals surface area contributed by atoms with E-state index in [2.05, 4.69) is 17.3 Å². The van der Waals surface area contributed by atoms with Crippen LogP contribution in [0.1, 0.15) is 24.8 Å². The van der Waals surface area contributed by atoms with Crippen molar-refractivity contribution in [3.8, 4) is 0 Å². The number of nitrogens with zero attached hydrogens (tertiary/aromatic N) is 2. The van der Waals surface area contributed by atoms with E-state index >= 15 is 0 Å². The van der Waals surface area contributed by atoms with Gasteiger partial charge in [0.05, 0.1) is 6.61 Å². The van der Waals surface area contributed by atoms with Gasteiger partial charge >= 0.3 is 6.03 Å². The second-order valence-electron chi connectivity index (χ2n) is 6.07. The summed E-state index contributed by atoms with van der Waals surface area (Å²) < 4.78 is 12.9. The van der Waals surface area contributed by atoms with E-state index in [1.165, 1.54) is 25.0 Å². The number of hydrogen-bond acceptors (Lipinski definition) is 3. The zero-order valence-electron chi connectivity index (χ0n) is 13.7. The number of carbonyl (C=O) groups is 1. The maximum Gasteiger partial charge on any atom is 0.317 e. The van der Waals surface area contributed by atoms with E-state index in [0.29, 0.717) is 19.1 Å². The number of benzene rings is 1. The van der Waals surface area contributed by atoms with Crippen molar-refractivity contribution in [1.82, 2.24) is 15.1 Å². The van der Waals surface area contributed by atoms with Gasteiger partial charge in [-0.15, -0.1) is 0 Å². The summed E-state index contributed by atoms with van der Waals surface area (Å²) in [6.07, 6.45) is 3.34. The smallest absolute Gasteiger partial charge is 0.317 e. The summed E-state index contributed by atoms with van der Waals surface area (Å²) in [5.74, 6) is -0.299. The molecule has 5 nitrogen and oxygen atoms in total. The molecule has 1 saturated heterocycles. The first-order chi connectivity index (χ1) is 11.1. The van der Waals surface area contributed by atoms with Crippen LogP contribution in [0.5, 0.6) is 0 Å². The molecule has 1 fully saturated rings. The van der Waals surface area contributed by atoms with Gasteiger partial charge in [-0.3, -0.25) is 0 Å². The number of likely N-dealkylation sites (tertiary alicyclic amines) is 1. The highest BCUT2D eigenvalue weighted by atomic mass is 19.1. The number of aliphatic hydroxyl groups is 1. The lowest BCUT2D eigenvalue weighted by Crippen LogP contribution is -2.42. The summed E-state index contributed by atoms with van der Waals surface area (Å²) in [4.78, 5) is 16.2. The highest BCUT2D eigenvalue weighted by Gasteiger charge is 2.21. The zero-order chi connectivity index (χ0) is 16.7. The molecule has 1 aromatic carbocycles. The van der Waals surface area contributed by atoms with E-state index in [-0.39, 0.29) is 25.0 Å². The van der Waals surface area contributed by atoms with E-state index in [1.54, 1.807) is 17.0 Å². The van der Waals surface area contributed by atoms with Crippen LogP contribution >= 0.6 is 0 Å². The van der Waals surface area contributed by atoms with Crippen LogP contribution in [0, 0.1) is 5.82 Å². The van der Waals surface area contributed by atoms with Crippen molar-refractivity contribution in [2.24, 2.45) is 0 Å². The van der Waals surface area contributed by atoms with Crippen LogP contribution in [-0.4, -0.2) is 60.3 Å². The molecule has 23 heavy (non-hydrogen) atoms. The van der Waals surface area contributed by atoms with Crippen LogP contribution in [0.2, 0.25) is 0 Å². The number of urea groups is 1. The summed E-state index contributed by atoms with van der Waals surface area (Å²) in [5.41, 5.74) is 0.838. The Hall–Kier alpha value is -1.66. The number of rotatable bonds is 7. The van der Waals surface area contributed by atoms with Gasteiger partial charge in [-0.2, -0.15) is 0 Å². The summed E-state index contributed by atoms with van der Waals surface area (Å²) in [6, 6.07) is 6.41. The van der Waals surface area contributed by atoms with Crippen molar-refractivity contribution in [2.75, 3.05) is 33.3 Å². The van der Waals surface area contributed by atoms with Crippen LogP contribution in [0.25, 0.3) is 0 Å². The van der Waals surface area contributed by atoms with Gasteiger partial charge in [0.15, 0.2) is 0 Å². The molecule has 0 spiro atoms. The fraction of sp³-hybridized carbons (Fsp3) is 0.588. The molecule has 2 rings (SSSR count). The highest BCUT2D eigenvalue weighted by Crippen LogP contribution is 2.17. The quantitative estimate of drug-likeness (QED) is 0.805. The molecule has 1 heterocycles. The Balaban J connectivity index is 1.81. The predicted octanol–water partition coefficient (Wildman–Crippen LogP) is 1.81. The zero-order valence-corrected chi connectivity index (χ0v) is 13.7. The molecule has 2 amide bonds. The van der Waals surface area contributed by atoms with Gasteiger partial charge in [-0.05, 0) is 50.6 Å². The summed E-state index contributed by atoms with van der Waals surface area (Å²) >= 11 is 0. The first-order valence-corrected chi connectivity index (χ1v) is 8.18. The van der Waals surface area contributed by atoms with E-state index in [4.69, 9.17) is 5.11 Å². The molecule has 0 aromatic heterocycles. The third kappa shape index (κ3) is 5.48. The van der Waals surface area contributed by atoms with Crippen molar-refractivity contribution < 1.29 is 14.3 Å². The van der Waals surface area contributed by atoms with Crippen molar-refractivity contribution in [1.29, 1.82) is 0 Å². The third-order valence-corrected chi connectivity index (χ3v) is 4.37. The van der Waals surface area contributed by atoms with Crippen LogP contribution in [-0.2, 0) is 6.54 Å². The number of halogens is 1. The average molecular weight is 323 g/mol. The molecule has 0 aliphatic carbocycles. The highest BCUT2D eigenvalue weighted by molar-refractivity contribution is 5.74.